The fraction of sp³-hybridized carbons (Fsp3) is 0. The Balaban J connectivity index is 3.40. The highest BCUT2D eigenvalue weighted by Gasteiger charge is 1.92. The molecule has 0 aliphatic heterocycles. The molecule has 2 atom stereocenters. The van der Waals surface area contributed by atoms with Crippen LogP contribution in [0.5, 0.6) is 0 Å². The molecule has 8 heteroatoms. The molecule has 0 aromatic heterocycles. The first-order valence-corrected chi connectivity index (χ1v) is 5.38. The maximum absolute atomic E-state index is 9.79. The molecule has 0 spiro atoms. The second kappa shape index (κ2) is 4.58. The predicted octanol–water partition coefficient (Wildman–Crippen LogP) is -0.646. The molecular formula is H6N2O3P2S. The zero-order valence-corrected chi connectivity index (χ0v) is 6.57. The highest BCUT2D eigenvalue weighted by Crippen LogP contribution is 2.30. The van der Waals surface area contributed by atoms with E-state index in [1.54, 1.807) is 0 Å². The minimum absolute atomic E-state index is 1.83. The van der Waals surface area contributed by atoms with Gasteiger partial charge in [-0.05, 0) is 0 Å². The first-order valence-electron chi connectivity index (χ1n) is 1.58. The van der Waals surface area contributed by atoms with Gasteiger partial charge in [-0.2, -0.15) is 0 Å². The summed E-state index contributed by atoms with van der Waals surface area (Å²) < 4.78 is 14.0. The first-order chi connectivity index (χ1) is 3.66. The van der Waals surface area contributed by atoms with Gasteiger partial charge in [0.2, 0.25) is 0 Å². The quantitative estimate of drug-likeness (QED) is 0.301. The zero-order chi connectivity index (χ0) is 6.57. The lowest BCUT2D eigenvalue weighted by Crippen LogP contribution is -2.11. The molecule has 0 aromatic rings. The first kappa shape index (κ1) is 8.72. The van der Waals surface area contributed by atoms with Crippen molar-refractivity contribution in [3.8, 4) is 0 Å². The number of nitrogens with one attached hydrogen (secondary N) is 1. The molecule has 0 bridgehead atoms. The van der Waals surface area contributed by atoms with E-state index in [9.17, 15) is 4.57 Å². The van der Waals surface area contributed by atoms with Gasteiger partial charge in [-0.3, -0.25) is 14.7 Å². The summed E-state index contributed by atoms with van der Waals surface area (Å²) in [5, 5.41) is 2.06. The van der Waals surface area contributed by atoms with Crippen LogP contribution in [-0.4, -0.2) is 4.89 Å². The summed E-state index contributed by atoms with van der Waals surface area (Å²) in [5.41, 5.74) is 0. The molecule has 0 amide bonds. The standard InChI is InChI=1S/H6N2O3P2S/c1-2-6(8)5-7(3)4/h6-7H,1H2,(H,2,8)(H,3,4). The highest BCUT2D eigenvalue weighted by atomic mass is 32.4. The van der Waals surface area contributed by atoms with E-state index in [0.29, 0.717) is 0 Å². The number of hydrogen-bond donors (Lipinski definition) is 3. The van der Waals surface area contributed by atoms with Crippen molar-refractivity contribution < 1.29 is 13.8 Å². The van der Waals surface area contributed by atoms with Crippen LogP contribution in [0.1, 0.15) is 0 Å². The minimum Gasteiger partial charge on any atom is -0.326 e. The Kier molecular flexibility index (Phi) is 5.00. The fourth-order valence-corrected chi connectivity index (χ4v) is 1.62. The molecule has 0 radical (unpaired) electrons. The van der Waals surface area contributed by atoms with Crippen molar-refractivity contribution in [2.24, 2.45) is 5.84 Å². The van der Waals surface area contributed by atoms with Crippen LogP contribution in [0.2, 0.25) is 0 Å². The van der Waals surface area contributed by atoms with Gasteiger partial charge in [0.15, 0.2) is 0 Å². The van der Waals surface area contributed by atoms with Gasteiger partial charge in [0.1, 0.15) is 7.07 Å². The second-order valence-electron chi connectivity index (χ2n) is 0.800. The van der Waals surface area contributed by atoms with Gasteiger partial charge < -0.3 is 4.89 Å². The van der Waals surface area contributed by atoms with Gasteiger partial charge in [0, 0.05) is 0 Å². The maximum atomic E-state index is 9.79. The topological polar surface area (TPSA) is 84.6 Å². The SMILES string of the molecule is NN[PH](=S)O[PH](=O)O. The Hall–Kier alpha value is 0.720. The van der Waals surface area contributed by atoms with E-state index in [4.69, 9.17) is 10.7 Å². The van der Waals surface area contributed by atoms with Crippen LogP contribution in [0.4, 0.5) is 0 Å². The predicted molar refractivity (Wildman–Crippen MR) is 35.3 cm³/mol. The Bertz CT molecular complexity index is 114. The monoisotopic (exact) mass is 176 g/mol. The van der Waals surface area contributed by atoms with E-state index >= 15 is 0 Å². The molecule has 5 nitrogen and oxygen atoms in total. The molecule has 0 rings (SSSR count). The summed E-state index contributed by atoms with van der Waals surface area (Å²) in [6.45, 7) is 0. The van der Waals surface area contributed by atoms with Crippen LogP contribution >= 0.6 is 15.3 Å². The van der Waals surface area contributed by atoms with Gasteiger partial charge in [0.05, 0.1) is 0 Å². The molecule has 0 aliphatic rings. The molecule has 0 aliphatic carbocycles. The molecular weight excluding hydrogens is 170 g/mol. The lowest BCUT2D eigenvalue weighted by molar-refractivity contribution is 0.427. The summed E-state index contributed by atoms with van der Waals surface area (Å²) in [6, 6.07) is 0. The fourth-order valence-electron chi connectivity index (χ4n) is 0.109. The van der Waals surface area contributed by atoms with Gasteiger partial charge in [-0.1, -0.05) is 11.8 Å². The van der Waals surface area contributed by atoms with E-state index in [-0.39, 0.29) is 0 Å². The Morgan fingerprint density at radius 2 is 2.38 bits per heavy atom. The summed E-state index contributed by atoms with van der Waals surface area (Å²) >= 11 is 4.42. The zero-order valence-electron chi connectivity index (χ0n) is 3.75. The van der Waals surface area contributed by atoms with Gasteiger partial charge in [0.25, 0.3) is 0 Å². The molecule has 2 unspecified atom stereocenters. The van der Waals surface area contributed by atoms with Gasteiger partial charge >= 0.3 is 8.25 Å². The number of rotatable bonds is 3. The van der Waals surface area contributed by atoms with E-state index in [2.05, 4.69) is 21.3 Å². The largest absolute Gasteiger partial charge is 0.326 e. The molecule has 0 saturated carbocycles. The lowest BCUT2D eigenvalue weighted by atomic mass is 13.0. The van der Waals surface area contributed by atoms with Crippen molar-refractivity contribution in [2.45, 2.75) is 0 Å². The van der Waals surface area contributed by atoms with Crippen molar-refractivity contribution in [3.63, 3.8) is 0 Å². The third-order valence-corrected chi connectivity index (χ3v) is 3.08. The molecule has 0 heterocycles. The van der Waals surface area contributed by atoms with Crippen molar-refractivity contribution in [1.82, 2.24) is 5.20 Å². The van der Waals surface area contributed by atoms with Gasteiger partial charge in [-0.25, -0.2) is 5.20 Å². The van der Waals surface area contributed by atoms with Crippen molar-refractivity contribution >= 4 is 27.1 Å². The average Bonchev–Trinajstić information content (AvgIpc) is 1.65. The van der Waals surface area contributed by atoms with Crippen LogP contribution in [0.3, 0.4) is 0 Å². The number of nitrogens with two attached hydrogens (primary N) is 1. The number of hydrogen-bond acceptors (Lipinski definition) is 4. The highest BCUT2D eigenvalue weighted by molar-refractivity contribution is 8.03. The molecule has 4 N–H and O–H groups in total. The van der Waals surface area contributed by atoms with Crippen molar-refractivity contribution in [3.05, 3.63) is 0 Å². The average molecular weight is 176 g/mol. The second-order valence-corrected chi connectivity index (χ2v) is 4.12. The van der Waals surface area contributed by atoms with Crippen LogP contribution in [0.25, 0.3) is 0 Å². The lowest BCUT2D eigenvalue weighted by Gasteiger charge is -1.97. The summed E-state index contributed by atoms with van der Waals surface area (Å²) in [6.07, 6.45) is 0. The molecule has 50 valence electrons. The number of hydrazine groups is 1. The molecule has 8 heavy (non-hydrogen) atoms. The van der Waals surface area contributed by atoms with Crippen molar-refractivity contribution in [1.29, 1.82) is 0 Å². The summed E-state index contributed by atoms with van der Waals surface area (Å²) in [7, 11) is -4.73. The van der Waals surface area contributed by atoms with E-state index in [0.717, 1.165) is 0 Å². The van der Waals surface area contributed by atoms with Crippen LogP contribution in [0, 0.1) is 0 Å². The van der Waals surface area contributed by atoms with E-state index in [1.807, 2.05) is 0 Å². The maximum Gasteiger partial charge on any atom is 0.321 e. The van der Waals surface area contributed by atoms with Crippen LogP contribution in [-0.2, 0) is 20.7 Å². The Morgan fingerprint density at radius 1 is 1.88 bits per heavy atom. The third-order valence-electron chi connectivity index (χ3n) is 0.298. The molecule has 0 saturated heterocycles. The summed E-state index contributed by atoms with van der Waals surface area (Å²) in [4.78, 5) is 8.04. The Morgan fingerprint density at radius 3 is 2.50 bits per heavy atom. The van der Waals surface area contributed by atoms with Crippen LogP contribution in [0.15, 0.2) is 0 Å². The van der Waals surface area contributed by atoms with Gasteiger partial charge in [-0.15, -0.1) is 0 Å². The minimum atomic E-state index is -2.90. The molecule has 0 fully saturated rings. The normalized spacial score (nSPS) is 17.8. The third kappa shape index (κ3) is 4.87. The molecule has 0 aromatic carbocycles. The van der Waals surface area contributed by atoms with E-state index < -0.39 is 15.3 Å². The van der Waals surface area contributed by atoms with E-state index in [1.165, 1.54) is 0 Å². The Labute approximate surface area is 52.7 Å². The summed E-state index contributed by atoms with van der Waals surface area (Å²) in [5.74, 6) is 4.75. The van der Waals surface area contributed by atoms with Crippen molar-refractivity contribution in [2.75, 3.05) is 0 Å². The van der Waals surface area contributed by atoms with Crippen LogP contribution < -0.4 is 11.0 Å². The smallest absolute Gasteiger partial charge is 0.321 e.